The number of hydrogen-bond donors (Lipinski definition) is 3. The number of anilines is 1. The molecule has 1 aromatic carbocycles. The van der Waals surface area contributed by atoms with Gasteiger partial charge in [0.05, 0.1) is 0 Å². The molecule has 0 aromatic heterocycles. The zero-order valence-electron chi connectivity index (χ0n) is 12.9. The second-order valence-corrected chi connectivity index (χ2v) is 6.62. The maximum absolute atomic E-state index is 12.2. The summed E-state index contributed by atoms with van der Waals surface area (Å²) < 4.78 is 0. The van der Waals surface area contributed by atoms with E-state index in [1.54, 1.807) is 12.1 Å². The summed E-state index contributed by atoms with van der Waals surface area (Å²) in [7, 11) is 0. The van der Waals surface area contributed by atoms with Crippen LogP contribution in [0.4, 0.5) is 5.69 Å². The zero-order valence-corrected chi connectivity index (χ0v) is 12.9. The smallest absolute Gasteiger partial charge is 0.249 e. The summed E-state index contributed by atoms with van der Waals surface area (Å²) in [5.41, 5.74) is 7.26. The second-order valence-electron chi connectivity index (χ2n) is 6.62. The van der Waals surface area contributed by atoms with E-state index in [9.17, 15) is 9.59 Å². The van der Waals surface area contributed by atoms with Gasteiger partial charge in [0, 0.05) is 29.8 Å². The second kappa shape index (κ2) is 6.08. The molecule has 0 aliphatic carbocycles. The van der Waals surface area contributed by atoms with Gasteiger partial charge in [-0.3, -0.25) is 9.59 Å². The molecule has 2 amide bonds. The van der Waals surface area contributed by atoms with Gasteiger partial charge in [0.1, 0.15) is 0 Å². The van der Waals surface area contributed by atoms with Crippen LogP contribution in [0.25, 0.3) is 0 Å². The molecule has 4 N–H and O–H groups in total. The predicted molar refractivity (Wildman–Crippen MR) is 85.6 cm³/mol. The molecular formula is C17H23N3O2. The lowest BCUT2D eigenvalue weighted by molar-refractivity contribution is -0.117. The maximum atomic E-state index is 12.2. The SMILES string of the molecule is Cc1ccc(NC(=O)CC2CC3CCC(C2)N3)cc1C(N)=O. The van der Waals surface area contributed by atoms with Crippen molar-refractivity contribution < 1.29 is 9.59 Å². The first kappa shape index (κ1) is 15.0. The lowest BCUT2D eigenvalue weighted by Gasteiger charge is -2.28. The summed E-state index contributed by atoms with van der Waals surface area (Å²) >= 11 is 0. The van der Waals surface area contributed by atoms with Crippen LogP contribution in [0, 0.1) is 12.8 Å². The van der Waals surface area contributed by atoms with Gasteiger partial charge in [-0.05, 0) is 56.2 Å². The molecule has 2 atom stereocenters. The highest BCUT2D eigenvalue weighted by molar-refractivity contribution is 5.97. The van der Waals surface area contributed by atoms with Crippen molar-refractivity contribution in [1.29, 1.82) is 0 Å². The van der Waals surface area contributed by atoms with Crippen molar-refractivity contribution in [1.82, 2.24) is 5.32 Å². The van der Waals surface area contributed by atoms with Crippen LogP contribution in [0.1, 0.15) is 48.0 Å². The van der Waals surface area contributed by atoms with Gasteiger partial charge in [-0.15, -0.1) is 0 Å². The van der Waals surface area contributed by atoms with E-state index in [4.69, 9.17) is 5.73 Å². The lowest BCUT2D eigenvalue weighted by Crippen LogP contribution is -2.39. The summed E-state index contributed by atoms with van der Waals surface area (Å²) in [6.07, 6.45) is 5.20. The molecule has 2 heterocycles. The third-order valence-electron chi connectivity index (χ3n) is 4.83. The molecular weight excluding hydrogens is 278 g/mol. The number of nitrogens with two attached hydrogens (primary N) is 1. The Morgan fingerprint density at radius 3 is 2.59 bits per heavy atom. The highest BCUT2D eigenvalue weighted by Crippen LogP contribution is 2.32. The number of piperidine rings is 1. The first-order chi connectivity index (χ1) is 10.5. The van der Waals surface area contributed by atoms with Crippen molar-refractivity contribution in [2.45, 2.75) is 51.1 Å². The Balaban J connectivity index is 1.60. The van der Waals surface area contributed by atoms with Gasteiger partial charge in [-0.25, -0.2) is 0 Å². The van der Waals surface area contributed by atoms with E-state index in [-0.39, 0.29) is 5.91 Å². The van der Waals surface area contributed by atoms with Crippen molar-refractivity contribution in [3.63, 3.8) is 0 Å². The fourth-order valence-electron chi connectivity index (χ4n) is 3.78. The van der Waals surface area contributed by atoms with Gasteiger partial charge in [0.25, 0.3) is 0 Å². The number of benzene rings is 1. The number of fused-ring (bicyclic) bond motifs is 2. The van der Waals surface area contributed by atoms with Crippen LogP contribution in [-0.4, -0.2) is 23.9 Å². The number of nitrogens with one attached hydrogen (secondary N) is 2. The lowest BCUT2D eigenvalue weighted by atomic mass is 9.89. The summed E-state index contributed by atoms with van der Waals surface area (Å²) in [6.45, 7) is 1.83. The molecule has 2 unspecified atom stereocenters. The minimum Gasteiger partial charge on any atom is -0.366 e. The van der Waals surface area contributed by atoms with Crippen molar-refractivity contribution >= 4 is 17.5 Å². The van der Waals surface area contributed by atoms with Crippen LogP contribution in [-0.2, 0) is 4.79 Å². The van der Waals surface area contributed by atoms with E-state index >= 15 is 0 Å². The number of rotatable bonds is 4. The largest absolute Gasteiger partial charge is 0.366 e. The Bertz CT molecular complexity index is 588. The third kappa shape index (κ3) is 3.30. The summed E-state index contributed by atoms with van der Waals surface area (Å²) in [5, 5.41) is 6.48. The Morgan fingerprint density at radius 2 is 1.95 bits per heavy atom. The van der Waals surface area contributed by atoms with Gasteiger partial charge < -0.3 is 16.4 Å². The first-order valence-corrected chi connectivity index (χ1v) is 7.97. The number of amides is 2. The van der Waals surface area contributed by atoms with Crippen LogP contribution in [0.5, 0.6) is 0 Å². The number of aryl methyl sites for hydroxylation is 1. The van der Waals surface area contributed by atoms with Crippen molar-refractivity contribution in [3.05, 3.63) is 29.3 Å². The predicted octanol–water partition coefficient (Wildman–Crippen LogP) is 1.95. The number of primary amides is 1. The zero-order chi connectivity index (χ0) is 15.7. The van der Waals surface area contributed by atoms with Gasteiger partial charge in [0.15, 0.2) is 0 Å². The Labute approximate surface area is 130 Å². The fourth-order valence-corrected chi connectivity index (χ4v) is 3.78. The van der Waals surface area contributed by atoms with E-state index in [1.165, 1.54) is 12.8 Å². The highest BCUT2D eigenvalue weighted by Gasteiger charge is 2.34. The average Bonchev–Trinajstić information content (AvgIpc) is 2.79. The number of hydrogen-bond acceptors (Lipinski definition) is 3. The molecule has 1 aromatic rings. The van der Waals surface area contributed by atoms with E-state index in [2.05, 4.69) is 10.6 Å². The Hall–Kier alpha value is -1.88. The Morgan fingerprint density at radius 1 is 1.27 bits per heavy atom. The number of carbonyl (C=O) groups excluding carboxylic acids is 2. The van der Waals surface area contributed by atoms with Crippen molar-refractivity contribution in [3.8, 4) is 0 Å². The molecule has 5 nitrogen and oxygen atoms in total. The van der Waals surface area contributed by atoms with Gasteiger partial charge in [-0.1, -0.05) is 6.07 Å². The van der Waals surface area contributed by atoms with Gasteiger partial charge in [0.2, 0.25) is 11.8 Å². The van der Waals surface area contributed by atoms with Crippen molar-refractivity contribution in [2.75, 3.05) is 5.32 Å². The summed E-state index contributed by atoms with van der Waals surface area (Å²) in [6, 6.07) is 6.46. The van der Waals surface area contributed by atoms with Crippen LogP contribution < -0.4 is 16.4 Å². The minimum absolute atomic E-state index is 0.0190. The molecule has 2 aliphatic heterocycles. The normalized spacial score (nSPS) is 26.7. The topological polar surface area (TPSA) is 84.2 Å². The van der Waals surface area contributed by atoms with Crippen LogP contribution in [0.3, 0.4) is 0 Å². The quantitative estimate of drug-likeness (QED) is 0.794. The third-order valence-corrected chi connectivity index (χ3v) is 4.83. The molecule has 22 heavy (non-hydrogen) atoms. The van der Waals surface area contributed by atoms with E-state index in [0.29, 0.717) is 35.7 Å². The molecule has 0 spiro atoms. The Kier molecular flexibility index (Phi) is 4.16. The van der Waals surface area contributed by atoms with Crippen LogP contribution in [0.2, 0.25) is 0 Å². The highest BCUT2D eigenvalue weighted by atomic mass is 16.2. The average molecular weight is 301 g/mol. The fraction of sp³-hybridized carbons (Fsp3) is 0.529. The standard InChI is InChI=1S/C17H23N3O2/c1-10-2-3-14(9-15(10)17(18)22)20-16(21)8-11-6-12-4-5-13(7-11)19-12/h2-3,9,11-13,19H,4-8H2,1H3,(H2,18,22)(H,20,21). The van der Waals surface area contributed by atoms with Gasteiger partial charge >= 0.3 is 0 Å². The van der Waals surface area contributed by atoms with E-state index in [1.807, 2.05) is 13.0 Å². The maximum Gasteiger partial charge on any atom is 0.249 e. The molecule has 2 saturated heterocycles. The first-order valence-electron chi connectivity index (χ1n) is 7.97. The number of carbonyl (C=O) groups is 2. The molecule has 118 valence electrons. The summed E-state index contributed by atoms with van der Waals surface area (Å²) in [5.74, 6) is 0.00825. The van der Waals surface area contributed by atoms with Crippen LogP contribution in [0.15, 0.2) is 18.2 Å². The van der Waals surface area contributed by atoms with E-state index in [0.717, 1.165) is 18.4 Å². The molecule has 2 fully saturated rings. The molecule has 2 aliphatic rings. The van der Waals surface area contributed by atoms with Gasteiger partial charge in [-0.2, -0.15) is 0 Å². The molecule has 0 radical (unpaired) electrons. The summed E-state index contributed by atoms with van der Waals surface area (Å²) in [4.78, 5) is 23.6. The van der Waals surface area contributed by atoms with Crippen molar-refractivity contribution in [2.24, 2.45) is 11.7 Å². The molecule has 5 heteroatoms. The van der Waals surface area contributed by atoms with E-state index < -0.39 is 5.91 Å². The monoisotopic (exact) mass is 301 g/mol. The molecule has 0 saturated carbocycles. The van der Waals surface area contributed by atoms with Crippen LogP contribution >= 0.6 is 0 Å². The molecule has 2 bridgehead atoms. The molecule has 3 rings (SSSR count). The minimum atomic E-state index is -0.469.